The number of hydrogen-bond donors (Lipinski definition) is 1. The van der Waals surface area contributed by atoms with Crippen LogP contribution in [0.5, 0.6) is 0 Å². The molecule has 2 rings (SSSR count). The van der Waals surface area contributed by atoms with Gasteiger partial charge in [-0.25, -0.2) is 4.39 Å². The van der Waals surface area contributed by atoms with Crippen LogP contribution in [0.25, 0.3) is 0 Å². The summed E-state index contributed by atoms with van der Waals surface area (Å²) in [5, 5.41) is 9.36. The monoisotopic (exact) mass is 256 g/mol. The van der Waals surface area contributed by atoms with E-state index in [-0.39, 0.29) is 18.2 Å². The summed E-state index contributed by atoms with van der Waals surface area (Å²) in [6, 6.07) is 3.13. The first kappa shape index (κ1) is 12.4. The summed E-state index contributed by atoms with van der Waals surface area (Å²) in [7, 11) is 0. The van der Waals surface area contributed by atoms with Crippen LogP contribution in [0, 0.1) is 18.7 Å². The van der Waals surface area contributed by atoms with Crippen LogP contribution in [0.1, 0.15) is 36.3 Å². The van der Waals surface area contributed by atoms with Gasteiger partial charge in [-0.15, -0.1) is 0 Å². The van der Waals surface area contributed by atoms with Crippen molar-refractivity contribution in [3.05, 3.63) is 34.1 Å². The molecular weight excluding hydrogens is 243 g/mol. The Labute approximate surface area is 104 Å². The lowest BCUT2D eigenvalue weighted by Crippen LogP contribution is -2.11. The van der Waals surface area contributed by atoms with Gasteiger partial charge in [-0.2, -0.15) is 0 Å². The molecule has 0 bridgehead atoms. The SMILES string of the molecule is Cc1cc(Cl)cc(C(CC(=O)O)C2CC2)c1F. The maximum absolute atomic E-state index is 14.0. The summed E-state index contributed by atoms with van der Waals surface area (Å²) in [6.07, 6.45) is 1.92. The predicted octanol–water partition coefficient (Wildman–Crippen LogP) is 3.76. The van der Waals surface area contributed by atoms with Crippen LogP contribution in [0.3, 0.4) is 0 Å². The second-order valence-electron chi connectivity index (χ2n) is 4.67. The topological polar surface area (TPSA) is 37.3 Å². The average Bonchev–Trinajstić information content (AvgIpc) is 3.03. The van der Waals surface area contributed by atoms with E-state index in [0.29, 0.717) is 22.1 Å². The first-order valence-electron chi connectivity index (χ1n) is 5.66. The highest BCUT2D eigenvalue weighted by Gasteiger charge is 2.35. The van der Waals surface area contributed by atoms with Crippen LogP contribution in [-0.4, -0.2) is 11.1 Å². The number of aliphatic carboxylic acids is 1. The quantitative estimate of drug-likeness (QED) is 0.891. The maximum atomic E-state index is 14.0. The summed E-state index contributed by atoms with van der Waals surface area (Å²) in [5.74, 6) is -1.16. The highest BCUT2D eigenvalue weighted by atomic mass is 35.5. The van der Waals surface area contributed by atoms with Crippen LogP contribution >= 0.6 is 11.6 Å². The Morgan fingerprint density at radius 1 is 1.59 bits per heavy atom. The van der Waals surface area contributed by atoms with Gasteiger partial charge in [0.25, 0.3) is 0 Å². The zero-order valence-electron chi connectivity index (χ0n) is 9.54. The third-order valence-electron chi connectivity index (χ3n) is 3.23. The molecule has 17 heavy (non-hydrogen) atoms. The number of benzene rings is 1. The number of halogens is 2. The molecule has 1 aromatic rings. The van der Waals surface area contributed by atoms with Crippen molar-refractivity contribution in [2.75, 3.05) is 0 Å². The summed E-state index contributed by atoms with van der Waals surface area (Å²) in [4.78, 5) is 10.8. The molecule has 2 nitrogen and oxygen atoms in total. The Hall–Kier alpha value is -1.09. The number of aryl methyl sites for hydroxylation is 1. The van der Waals surface area contributed by atoms with E-state index in [9.17, 15) is 9.18 Å². The first-order chi connectivity index (χ1) is 7.99. The lowest BCUT2D eigenvalue weighted by atomic mass is 9.89. The highest BCUT2D eigenvalue weighted by Crippen LogP contribution is 2.46. The molecule has 4 heteroatoms. The normalized spacial score (nSPS) is 16.9. The smallest absolute Gasteiger partial charge is 0.303 e. The van der Waals surface area contributed by atoms with Gasteiger partial charge in [-0.05, 0) is 48.9 Å². The fraction of sp³-hybridized carbons (Fsp3) is 0.462. The minimum absolute atomic E-state index is 0.0264. The Kier molecular flexibility index (Phi) is 3.38. The van der Waals surface area contributed by atoms with Gasteiger partial charge in [0.05, 0.1) is 6.42 Å². The molecule has 0 spiro atoms. The largest absolute Gasteiger partial charge is 0.481 e. The molecule has 1 aliphatic carbocycles. The van der Waals surface area contributed by atoms with E-state index in [1.54, 1.807) is 19.1 Å². The van der Waals surface area contributed by atoms with E-state index in [2.05, 4.69) is 0 Å². The van der Waals surface area contributed by atoms with E-state index in [0.717, 1.165) is 12.8 Å². The second kappa shape index (κ2) is 4.65. The van der Waals surface area contributed by atoms with E-state index in [4.69, 9.17) is 16.7 Å². The standard InChI is InChI=1S/C13H14ClFO2/c1-7-4-9(14)5-11(13(7)15)10(6-12(16)17)8-2-3-8/h4-5,8,10H,2-3,6H2,1H3,(H,16,17). The molecule has 1 atom stereocenters. The summed E-state index contributed by atoms with van der Waals surface area (Å²) in [6.45, 7) is 1.65. The average molecular weight is 257 g/mol. The van der Waals surface area contributed by atoms with Gasteiger partial charge < -0.3 is 5.11 Å². The van der Waals surface area contributed by atoms with Crippen molar-refractivity contribution >= 4 is 17.6 Å². The number of carbonyl (C=O) groups is 1. The molecule has 1 unspecified atom stereocenters. The maximum Gasteiger partial charge on any atom is 0.303 e. The van der Waals surface area contributed by atoms with Crippen molar-refractivity contribution in [2.45, 2.75) is 32.1 Å². The van der Waals surface area contributed by atoms with E-state index in [1.165, 1.54) is 0 Å². The third kappa shape index (κ3) is 2.78. The zero-order valence-corrected chi connectivity index (χ0v) is 10.3. The number of carboxylic acid groups (broad SMARTS) is 1. The number of hydrogen-bond acceptors (Lipinski definition) is 1. The van der Waals surface area contributed by atoms with Crippen molar-refractivity contribution in [2.24, 2.45) is 5.92 Å². The van der Waals surface area contributed by atoms with Gasteiger partial charge in [0.2, 0.25) is 0 Å². The van der Waals surface area contributed by atoms with Gasteiger partial charge in [-0.3, -0.25) is 4.79 Å². The van der Waals surface area contributed by atoms with Crippen LogP contribution < -0.4 is 0 Å². The first-order valence-corrected chi connectivity index (χ1v) is 6.04. The van der Waals surface area contributed by atoms with Gasteiger partial charge in [0.1, 0.15) is 5.82 Å². The Balaban J connectivity index is 2.38. The molecule has 1 saturated carbocycles. The zero-order chi connectivity index (χ0) is 12.6. The van der Waals surface area contributed by atoms with Gasteiger partial charge in [0, 0.05) is 10.9 Å². The Morgan fingerprint density at radius 3 is 2.76 bits per heavy atom. The molecule has 0 amide bonds. The molecule has 0 heterocycles. The minimum Gasteiger partial charge on any atom is -0.481 e. The van der Waals surface area contributed by atoms with Crippen molar-refractivity contribution < 1.29 is 14.3 Å². The minimum atomic E-state index is -0.890. The molecule has 0 aliphatic heterocycles. The van der Waals surface area contributed by atoms with Crippen molar-refractivity contribution in [1.82, 2.24) is 0 Å². The molecule has 1 aromatic carbocycles. The van der Waals surface area contributed by atoms with E-state index >= 15 is 0 Å². The number of rotatable bonds is 4. The van der Waals surface area contributed by atoms with Crippen molar-refractivity contribution in [3.8, 4) is 0 Å². The molecule has 0 aromatic heterocycles. The van der Waals surface area contributed by atoms with Gasteiger partial charge in [-0.1, -0.05) is 11.6 Å². The lowest BCUT2D eigenvalue weighted by molar-refractivity contribution is -0.137. The van der Waals surface area contributed by atoms with Crippen molar-refractivity contribution in [3.63, 3.8) is 0 Å². The molecule has 1 fully saturated rings. The highest BCUT2D eigenvalue weighted by molar-refractivity contribution is 6.30. The second-order valence-corrected chi connectivity index (χ2v) is 5.10. The predicted molar refractivity (Wildman–Crippen MR) is 63.9 cm³/mol. The van der Waals surface area contributed by atoms with Crippen molar-refractivity contribution in [1.29, 1.82) is 0 Å². The van der Waals surface area contributed by atoms with Gasteiger partial charge >= 0.3 is 5.97 Å². The molecule has 92 valence electrons. The Bertz CT molecular complexity index is 455. The van der Waals surface area contributed by atoms with Gasteiger partial charge in [0.15, 0.2) is 0 Å². The fourth-order valence-corrected chi connectivity index (χ4v) is 2.52. The number of carboxylic acids is 1. The third-order valence-corrected chi connectivity index (χ3v) is 3.45. The Morgan fingerprint density at radius 2 is 2.24 bits per heavy atom. The van der Waals surface area contributed by atoms with E-state index in [1.807, 2.05) is 0 Å². The molecule has 1 N–H and O–H groups in total. The molecule has 1 aliphatic rings. The summed E-state index contributed by atoms with van der Waals surface area (Å²) >= 11 is 5.91. The fourth-order valence-electron chi connectivity index (χ4n) is 2.24. The van der Waals surface area contributed by atoms with Crippen LogP contribution in [0.2, 0.25) is 5.02 Å². The summed E-state index contributed by atoms with van der Waals surface area (Å²) < 4.78 is 14.0. The van der Waals surface area contributed by atoms with Crippen LogP contribution in [-0.2, 0) is 4.79 Å². The van der Waals surface area contributed by atoms with Crippen LogP contribution in [0.15, 0.2) is 12.1 Å². The molecular formula is C13H14ClFO2. The molecule has 0 radical (unpaired) electrons. The van der Waals surface area contributed by atoms with Crippen LogP contribution in [0.4, 0.5) is 4.39 Å². The molecule has 0 saturated heterocycles. The van der Waals surface area contributed by atoms with E-state index < -0.39 is 5.97 Å². The lowest BCUT2D eigenvalue weighted by Gasteiger charge is -2.17. The summed E-state index contributed by atoms with van der Waals surface area (Å²) in [5.41, 5.74) is 0.934.